The number of rotatable bonds is 2. The maximum absolute atomic E-state index is 14.0. The van der Waals surface area contributed by atoms with Crippen LogP contribution in [0.1, 0.15) is 24.2 Å². The smallest absolute Gasteiger partial charge is 0.258 e. The van der Waals surface area contributed by atoms with Gasteiger partial charge >= 0.3 is 0 Å². The summed E-state index contributed by atoms with van der Waals surface area (Å²) in [4.78, 5) is 36.8. The maximum atomic E-state index is 14.0. The first-order valence-corrected chi connectivity index (χ1v) is 6.27. The number of piperazine rings is 1. The van der Waals surface area contributed by atoms with E-state index in [-0.39, 0.29) is 17.9 Å². The monoisotopic (exact) mass is 294 g/mol. The zero-order chi connectivity index (χ0) is 15.8. The van der Waals surface area contributed by atoms with Gasteiger partial charge in [-0.25, -0.2) is 4.39 Å². The predicted molar refractivity (Wildman–Crippen MR) is 71.2 cm³/mol. The van der Waals surface area contributed by atoms with Crippen LogP contribution < -0.4 is 10.1 Å². The fraction of sp³-hybridized carbons (Fsp3) is 0.357. The fourth-order valence-electron chi connectivity index (χ4n) is 2.05. The number of benzene rings is 1. The number of hydrogen-bond donors (Lipinski definition) is 1. The third kappa shape index (κ3) is 2.58. The zero-order valence-corrected chi connectivity index (χ0v) is 11.9. The molecule has 3 amide bonds. The van der Waals surface area contributed by atoms with E-state index in [9.17, 15) is 18.8 Å². The molecular formula is C14H15FN2O4. The van der Waals surface area contributed by atoms with E-state index in [1.807, 2.05) is 0 Å². The molecule has 1 N–H and O–H groups in total. The summed E-state index contributed by atoms with van der Waals surface area (Å²) in [5.41, 5.74) is -1.46. The largest absolute Gasteiger partial charge is 0.497 e. The molecule has 0 spiro atoms. The highest BCUT2D eigenvalue weighted by molar-refractivity contribution is 6.08. The number of hydrogen-bond acceptors (Lipinski definition) is 4. The highest BCUT2D eigenvalue weighted by atomic mass is 19.1. The number of carbonyl (C=O) groups is 3. The molecule has 1 aliphatic rings. The highest BCUT2D eigenvalue weighted by Gasteiger charge is 2.44. The minimum absolute atomic E-state index is 0.216. The Hall–Kier alpha value is -2.44. The van der Waals surface area contributed by atoms with Gasteiger partial charge in [-0.2, -0.15) is 0 Å². The van der Waals surface area contributed by atoms with Gasteiger partial charge in [0.1, 0.15) is 23.7 Å². The lowest BCUT2D eigenvalue weighted by molar-refractivity contribution is -0.143. The molecule has 0 atom stereocenters. The molecular weight excluding hydrogens is 279 g/mol. The van der Waals surface area contributed by atoms with Crippen molar-refractivity contribution in [2.75, 3.05) is 13.7 Å². The predicted octanol–water partition coefficient (Wildman–Crippen LogP) is 0.711. The molecule has 0 radical (unpaired) electrons. The third-order valence-electron chi connectivity index (χ3n) is 3.44. The molecule has 1 heterocycles. The van der Waals surface area contributed by atoms with Crippen LogP contribution in [0.15, 0.2) is 18.2 Å². The van der Waals surface area contributed by atoms with E-state index in [4.69, 9.17) is 4.74 Å². The van der Waals surface area contributed by atoms with Crippen LogP contribution in [0.5, 0.6) is 5.75 Å². The van der Waals surface area contributed by atoms with Gasteiger partial charge in [0.15, 0.2) is 0 Å². The van der Waals surface area contributed by atoms with Crippen molar-refractivity contribution in [1.82, 2.24) is 10.2 Å². The average Bonchev–Trinajstić information content (AvgIpc) is 2.42. The Kier molecular flexibility index (Phi) is 3.67. The lowest BCUT2D eigenvalue weighted by Gasteiger charge is -2.40. The normalized spacial score (nSPS) is 17.4. The van der Waals surface area contributed by atoms with Crippen molar-refractivity contribution in [3.63, 3.8) is 0 Å². The molecule has 112 valence electrons. The van der Waals surface area contributed by atoms with Gasteiger partial charge in [0.25, 0.3) is 11.8 Å². The van der Waals surface area contributed by atoms with Gasteiger partial charge in [0.05, 0.1) is 12.7 Å². The summed E-state index contributed by atoms with van der Waals surface area (Å²) >= 11 is 0. The van der Waals surface area contributed by atoms with Crippen LogP contribution in [0.25, 0.3) is 0 Å². The molecule has 0 saturated carbocycles. The number of methoxy groups -OCH3 is 1. The minimum atomic E-state index is -1.24. The van der Waals surface area contributed by atoms with Gasteiger partial charge in [0, 0.05) is 6.07 Å². The average molecular weight is 294 g/mol. The zero-order valence-electron chi connectivity index (χ0n) is 11.9. The SMILES string of the molecule is COc1ccc(C(=O)N2CC(=O)NC(=O)C2(C)C)c(F)c1. The summed E-state index contributed by atoms with van der Waals surface area (Å²) in [6, 6.07) is 3.78. The Morgan fingerprint density at radius 2 is 2.05 bits per heavy atom. The summed E-state index contributed by atoms with van der Waals surface area (Å²) < 4.78 is 18.8. The summed E-state index contributed by atoms with van der Waals surface area (Å²) in [6.07, 6.45) is 0. The van der Waals surface area contributed by atoms with E-state index in [1.165, 1.54) is 33.1 Å². The number of nitrogens with zero attached hydrogens (tertiary/aromatic N) is 1. The van der Waals surface area contributed by atoms with Crippen LogP contribution in [0, 0.1) is 5.82 Å². The second-order valence-electron chi connectivity index (χ2n) is 5.17. The van der Waals surface area contributed by atoms with E-state index >= 15 is 0 Å². The Morgan fingerprint density at radius 3 is 2.62 bits per heavy atom. The third-order valence-corrected chi connectivity index (χ3v) is 3.44. The highest BCUT2D eigenvalue weighted by Crippen LogP contribution is 2.24. The van der Waals surface area contributed by atoms with Crippen molar-refractivity contribution in [1.29, 1.82) is 0 Å². The molecule has 1 aliphatic heterocycles. The molecule has 2 rings (SSSR count). The van der Waals surface area contributed by atoms with Crippen molar-refractivity contribution >= 4 is 17.7 Å². The van der Waals surface area contributed by atoms with Crippen LogP contribution in [0.2, 0.25) is 0 Å². The molecule has 1 fully saturated rings. The molecule has 0 aromatic heterocycles. The summed E-state index contributed by atoms with van der Waals surface area (Å²) in [5.74, 6) is -2.41. The second-order valence-corrected chi connectivity index (χ2v) is 5.17. The second kappa shape index (κ2) is 5.16. The Balaban J connectivity index is 2.38. The van der Waals surface area contributed by atoms with Crippen molar-refractivity contribution < 1.29 is 23.5 Å². The van der Waals surface area contributed by atoms with Crippen LogP contribution in [-0.4, -0.2) is 41.8 Å². The molecule has 6 nitrogen and oxygen atoms in total. The number of nitrogens with one attached hydrogen (secondary N) is 1. The summed E-state index contributed by atoms with van der Waals surface area (Å²) in [5, 5.41) is 2.15. The van der Waals surface area contributed by atoms with Crippen molar-refractivity contribution in [2.45, 2.75) is 19.4 Å². The maximum Gasteiger partial charge on any atom is 0.258 e. The molecule has 1 aromatic carbocycles. The van der Waals surface area contributed by atoms with E-state index in [1.54, 1.807) is 0 Å². The van der Waals surface area contributed by atoms with Crippen LogP contribution in [0.3, 0.4) is 0 Å². The van der Waals surface area contributed by atoms with Gasteiger partial charge < -0.3 is 9.64 Å². The number of carbonyl (C=O) groups excluding carboxylic acids is 3. The number of ether oxygens (including phenoxy) is 1. The molecule has 0 aliphatic carbocycles. The van der Waals surface area contributed by atoms with Crippen LogP contribution in [0.4, 0.5) is 4.39 Å². The van der Waals surface area contributed by atoms with E-state index in [0.717, 1.165) is 11.0 Å². The Morgan fingerprint density at radius 1 is 1.38 bits per heavy atom. The standard InChI is InChI=1S/C14H15FN2O4/c1-14(2)13(20)16-11(18)7-17(14)12(19)9-5-4-8(21-3)6-10(9)15/h4-6H,7H2,1-3H3,(H,16,18,20). The fourth-order valence-corrected chi connectivity index (χ4v) is 2.05. The summed E-state index contributed by atoms with van der Waals surface area (Å²) in [6.45, 7) is 2.69. The van der Waals surface area contributed by atoms with Crippen LogP contribution in [-0.2, 0) is 9.59 Å². The molecule has 1 saturated heterocycles. The van der Waals surface area contributed by atoms with Crippen LogP contribution >= 0.6 is 0 Å². The van der Waals surface area contributed by atoms with E-state index in [0.29, 0.717) is 0 Å². The van der Waals surface area contributed by atoms with Gasteiger partial charge in [-0.05, 0) is 26.0 Å². The van der Waals surface area contributed by atoms with Crippen molar-refractivity contribution in [3.05, 3.63) is 29.6 Å². The lowest BCUT2D eigenvalue weighted by Crippen LogP contribution is -2.65. The minimum Gasteiger partial charge on any atom is -0.497 e. The molecule has 1 aromatic rings. The molecule has 0 bridgehead atoms. The van der Waals surface area contributed by atoms with Gasteiger partial charge in [0.2, 0.25) is 5.91 Å². The summed E-state index contributed by atoms with van der Waals surface area (Å²) in [7, 11) is 1.38. The molecule has 0 unspecified atom stereocenters. The lowest BCUT2D eigenvalue weighted by atomic mass is 9.97. The van der Waals surface area contributed by atoms with Gasteiger partial charge in [-0.15, -0.1) is 0 Å². The first kappa shape index (κ1) is 15.0. The number of imide groups is 1. The Labute approximate surface area is 120 Å². The number of halogens is 1. The molecule has 7 heteroatoms. The first-order valence-electron chi connectivity index (χ1n) is 6.27. The van der Waals surface area contributed by atoms with Crippen molar-refractivity contribution in [3.8, 4) is 5.75 Å². The van der Waals surface area contributed by atoms with Gasteiger partial charge in [-0.1, -0.05) is 0 Å². The molecule has 21 heavy (non-hydrogen) atoms. The van der Waals surface area contributed by atoms with Crippen molar-refractivity contribution in [2.24, 2.45) is 0 Å². The number of amides is 3. The topological polar surface area (TPSA) is 75.7 Å². The van der Waals surface area contributed by atoms with E-state index < -0.39 is 29.1 Å². The first-order chi connectivity index (χ1) is 9.77. The van der Waals surface area contributed by atoms with E-state index in [2.05, 4.69) is 5.32 Å². The Bertz CT molecular complexity index is 627. The quantitative estimate of drug-likeness (QED) is 0.815. The van der Waals surface area contributed by atoms with Gasteiger partial charge in [-0.3, -0.25) is 19.7 Å².